The van der Waals surface area contributed by atoms with E-state index in [9.17, 15) is 0 Å². The Morgan fingerprint density at radius 2 is 2.00 bits per heavy atom. The standard InChI is InChI=1S/C9H14N8/c1-5-4-6(14-16-8(10)11)2-3-7(5)15-17-9(12)13/h2-4,15H,1H3,(H3,10,11)(H4,12,13,17). The van der Waals surface area contributed by atoms with Crippen LogP contribution in [-0.2, 0) is 0 Å². The van der Waals surface area contributed by atoms with Gasteiger partial charge in [-0.25, -0.2) is 0 Å². The normalized spacial score (nSPS) is 10.2. The second-order valence-corrected chi connectivity index (χ2v) is 3.23. The number of nitrogens with one attached hydrogen (secondary N) is 2. The molecule has 0 fully saturated rings. The highest BCUT2D eigenvalue weighted by Crippen LogP contribution is 2.21. The number of aryl methyl sites for hydroxylation is 1. The first-order valence-electron chi connectivity index (χ1n) is 4.70. The van der Waals surface area contributed by atoms with E-state index in [1.807, 2.05) is 6.92 Å². The van der Waals surface area contributed by atoms with Crippen molar-refractivity contribution >= 4 is 23.3 Å². The van der Waals surface area contributed by atoms with Crippen molar-refractivity contribution in [3.05, 3.63) is 23.8 Å². The summed E-state index contributed by atoms with van der Waals surface area (Å²) in [4.78, 5) is 0. The summed E-state index contributed by atoms with van der Waals surface area (Å²) in [5.41, 5.74) is 20.4. The average Bonchev–Trinajstić information content (AvgIpc) is 2.24. The molecule has 0 saturated heterocycles. The van der Waals surface area contributed by atoms with Crippen molar-refractivity contribution in [2.45, 2.75) is 6.92 Å². The van der Waals surface area contributed by atoms with Gasteiger partial charge in [0.15, 0.2) is 0 Å². The quantitative estimate of drug-likeness (QED) is 0.225. The molecule has 90 valence electrons. The Morgan fingerprint density at radius 1 is 1.29 bits per heavy atom. The summed E-state index contributed by atoms with van der Waals surface area (Å²) in [6, 6.07) is 5.21. The van der Waals surface area contributed by atoms with E-state index in [0.29, 0.717) is 5.69 Å². The van der Waals surface area contributed by atoms with E-state index in [-0.39, 0.29) is 11.9 Å². The molecule has 0 aliphatic carbocycles. The van der Waals surface area contributed by atoms with Gasteiger partial charge in [-0.15, -0.1) is 15.3 Å². The molecular weight excluding hydrogens is 220 g/mol. The number of anilines is 1. The molecule has 8 nitrogen and oxygen atoms in total. The summed E-state index contributed by atoms with van der Waals surface area (Å²) >= 11 is 0. The Labute approximate surface area is 98.1 Å². The van der Waals surface area contributed by atoms with Gasteiger partial charge in [-0.1, -0.05) is 0 Å². The van der Waals surface area contributed by atoms with Crippen molar-refractivity contribution in [2.75, 3.05) is 5.43 Å². The van der Waals surface area contributed by atoms with Gasteiger partial charge in [0.25, 0.3) is 0 Å². The van der Waals surface area contributed by atoms with E-state index < -0.39 is 0 Å². The zero-order valence-corrected chi connectivity index (χ0v) is 9.31. The molecule has 1 aromatic carbocycles. The summed E-state index contributed by atoms with van der Waals surface area (Å²) < 4.78 is 0. The lowest BCUT2D eigenvalue weighted by molar-refractivity contribution is 1.20. The second-order valence-electron chi connectivity index (χ2n) is 3.23. The smallest absolute Gasteiger partial charge is 0.232 e. The Bertz CT molecular complexity index is 472. The fraction of sp³-hybridized carbons (Fsp3) is 0.111. The number of guanidine groups is 2. The zero-order valence-electron chi connectivity index (χ0n) is 9.31. The van der Waals surface area contributed by atoms with E-state index >= 15 is 0 Å². The molecule has 0 saturated carbocycles. The van der Waals surface area contributed by atoms with Gasteiger partial charge < -0.3 is 17.2 Å². The van der Waals surface area contributed by atoms with Gasteiger partial charge in [0, 0.05) is 0 Å². The molecule has 0 amide bonds. The highest BCUT2D eigenvalue weighted by Gasteiger charge is 1.98. The Hall–Kier alpha value is -2.64. The number of nitrogens with zero attached hydrogens (tertiary/aromatic N) is 3. The molecule has 0 bridgehead atoms. The minimum absolute atomic E-state index is 0.0512. The van der Waals surface area contributed by atoms with Gasteiger partial charge in [0.05, 0.1) is 11.4 Å². The summed E-state index contributed by atoms with van der Waals surface area (Å²) in [6.07, 6.45) is 0. The van der Waals surface area contributed by atoms with Gasteiger partial charge in [0.2, 0.25) is 11.9 Å². The zero-order chi connectivity index (χ0) is 12.8. The predicted molar refractivity (Wildman–Crippen MR) is 67.0 cm³/mol. The van der Waals surface area contributed by atoms with Crippen molar-refractivity contribution in [3.63, 3.8) is 0 Å². The van der Waals surface area contributed by atoms with Crippen molar-refractivity contribution < 1.29 is 0 Å². The maximum Gasteiger partial charge on any atom is 0.232 e. The Kier molecular flexibility index (Phi) is 3.98. The molecule has 0 aromatic heterocycles. The highest BCUT2D eigenvalue weighted by molar-refractivity contribution is 5.77. The molecule has 0 aliphatic rings. The molecule has 1 aromatic rings. The van der Waals surface area contributed by atoms with Gasteiger partial charge >= 0.3 is 0 Å². The average molecular weight is 234 g/mol. The molecule has 0 unspecified atom stereocenters. The van der Waals surface area contributed by atoms with Crippen molar-refractivity contribution in [1.82, 2.24) is 0 Å². The van der Waals surface area contributed by atoms with Crippen LogP contribution in [0.25, 0.3) is 0 Å². The molecular formula is C9H14N8. The van der Waals surface area contributed by atoms with E-state index in [1.165, 1.54) is 0 Å². The number of rotatable bonds is 3. The molecule has 0 heterocycles. The largest absolute Gasteiger partial charge is 0.369 e. The van der Waals surface area contributed by atoms with Crippen LogP contribution in [-0.4, -0.2) is 11.9 Å². The van der Waals surface area contributed by atoms with E-state index in [0.717, 1.165) is 11.3 Å². The van der Waals surface area contributed by atoms with E-state index in [2.05, 4.69) is 20.8 Å². The molecule has 1 rings (SSSR count). The van der Waals surface area contributed by atoms with E-state index in [4.69, 9.17) is 22.6 Å². The number of hydrogen-bond acceptors (Lipinski definition) is 4. The van der Waals surface area contributed by atoms with Crippen LogP contribution >= 0.6 is 0 Å². The maximum atomic E-state index is 6.91. The number of hydrogen-bond donors (Lipinski definition) is 5. The topological polar surface area (TPSA) is 151 Å². The number of nitrogens with two attached hydrogens (primary N) is 3. The van der Waals surface area contributed by atoms with Crippen LogP contribution in [0.1, 0.15) is 5.56 Å². The highest BCUT2D eigenvalue weighted by atomic mass is 15.3. The van der Waals surface area contributed by atoms with Crippen molar-refractivity contribution in [3.8, 4) is 0 Å². The minimum atomic E-state index is -0.342. The van der Waals surface area contributed by atoms with Crippen LogP contribution in [0, 0.1) is 12.3 Å². The fourth-order valence-corrected chi connectivity index (χ4v) is 1.07. The van der Waals surface area contributed by atoms with Crippen LogP contribution in [0.2, 0.25) is 0 Å². The predicted octanol–water partition coefficient (Wildman–Crippen LogP) is 0.572. The van der Waals surface area contributed by atoms with Crippen LogP contribution in [0.4, 0.5) is 11.4 Å². The number of azo groups is 1. The van der Waals surface area contributed by atoms with Crippen molar-refractivity contribution in [2.24, 2.45) is 32.5 Å². The molecule has 0 atom stereocenters. The molecule has 0 radical (unpaired) electrons. The fourth-order valence-electron chi connectivity index (χ4n) is 1.07. The Morgan fingerprint density at radius 3 is 2.53 bits per heavy atom. The van der Waals surface area contributed by atoms with Crippen LogP contribution in [0.3, 0.4) is 0 Å². The monoisotopic (exact) mass is 234 g/mol. The number of hydrazone groups is 1. The first kappa shape index (κ1) is 12.4. The van der Waals surface area contributed by atoms with Crippen LogP contribution in [0.15, 0.2) is 33.5 Å². The molecule has 0 spiro atoms. The minimum Gasteiger partial charge on any atom is -0.369 e. The van der Waals surface area contributed by atoms with Crippen LogP contribution < -0.4 is 22.6 Å². The molecule has 8 heteroatoms. The summed E-state index contributed by atoms with van der Waals surface area (Å²) in [5.74, 6) is -0.393. The lowest BCUT2D eigenvalue weighted by Crippen LogP contribution is -2.24. The Balaban J connectivity index is 2.86. The third-order valence-corrected chi connectivity index (χ3v) is 1.79. The second kappa shape index (κ2) is 5.45. The summed E-state index contributed by atoms with van der Waals surface area (Å²) in [6.45, 7) is 1.86. The summed E-state index contributed by atoms with van der Waals surface area (Å²) in [5, 5.41) is 17.8. The summed E-state index contributed by atoms with van der Waals surface area (Å²) in [7, 11) is 0. The van der Waals surface area contributed by atoms with Gasteiger partial charge in [-0.05, 0) is 30.7 Å². The third kappa shape index (κ3) is 4.16. The number of benzene rings is 1. The first-order valence-corrected chi connectivity index (χ1v) is 4.70. The van der Waals surface area contributed by atoms with Gasteiger partial charge in [0.1, 0.15) is 0 Å². The van der Waals surface area contributed by atoms with Crippen LogP contribution in [0.5, 0.6) is 0 Å². The molecule has 17 heavy (non-hydrogen) atoms. The first-order chi connectivity index (χ1) is 7.99. The van der Waals surface area contributed by atoms with E-state index in [1.54, 1.807) is 18.2 Å². The van der Waals surface area contributed by atoms with Crippen molar-refractivity contribution in [1.29, 1.82) is 5.41 Å². The van der Waals surface area contributed by atoms with Gasteiger partial charge in [-0.2, -0.15) is 0 Å². The van der Waals surface area contributed by atoms with Gasteiger partial charge in [-0.3, -0.25) is 10.8 Å². The maximum absolute atomic E-state index is 6.91. The third-order valence-electron chi connectivity index (χ3n) is 1.79. The lowest BCUT2D eigenvalue weighted by atomic mass is 10.2. The molecule has 8 N–H and O–H groups in total. The molecule has 0 aliphatic heterocycles. The SMILES string of the molecule is Cc1cc(N=NC(=N)N)ccc1NN=C(N)N. The lowest BCUT2D eigenvalue weighted by Gasteiger charge is -2.05.